The predicted molar refractivity (Wildman–Crippen MR) is 183 cm³/mol. The molecule has 0 aliphatic carbocycles. The number of fused-ring (bicyclic) bond motifs is 3. The van der Waals surface area contributed by atoms with E-state index in [2.05, 4.69) is 20.1 Å². The molecular weight excluding hydrogens is 594 g/mol. The average molecular weight is 630 g/mol. The number of aromatic nitrogens is 4. The van der Waals surface area contributed by atoms with Gasteiger partial charge in [0.25, 0.3) is 11.1 Å². The number of pyridine rings is 2. The smallest absolute Gasteiger partial charge is 0.279 e. The lowest BCUT2D eigenvalue weighted by Crippen LogP contribution is -2.56. The molecule has 0 saturated carbocycles. The van der Waals surface area contributed by atoms with Crippen LogP contribution < -0.4 is 21.3 Å². The molecule has 0 amide bonds. The number of rotatable bonds is 7. The lowest BCUT2D eigenvalue weighted by molar-refractivity contribution is -0.0660. The molecule has 11 heteroatoms. The number of aliphatic hydroxyl groups is 1. The van der Waals surface area contributed by atoms with Gasteiger partial charge in [-0.15, -0.1) is 0 Å². The van der Waals surface area contributed by atoms with Crippen LogP contribution in [-0.4, -0.2) is 74.0 Å². The van der Waals surface area contributed by atoms with E-state index in [1.165, 1.54) is 4.57 Å². The van der Waals surface area contributed by atoms with Gasteiger partial charge in [-0.05, 0) is 42.0 Å². The highest BCUT2D eigenvalue weighted by molar-refractivity contribution is 5.87. The van der Waals surface area contributed by atoms with Gasteiger partial charge in [-0.3, -0.25) is 19.1 Å². The highest BCUT2D eigenvalue weighted by Gasteiger charge is 2.29. The Morgan fingerprint density at radius 1 is 0.915 bits per heavy atom. The topological polar surface area (TPSA) is 109 Å². The van der Waals surface area contributed by atoms with E-state index < -0.39 is 0 Å². The summed E-state index contributed by atoms with van der Waals surface area (Å²) >= 11 is 0. The Kier molecular flexibility index (Phi) is 7.36. The first-order chi connectivity index (χ1) is 23.0. The second kappa shape index (κ2) is 11.8. The molecule has 0 spiro atoms. The van der Waals surface area contributed by atoms with Gasteiger partial charge in [0, 0.05) is 68.3 Å². The monoisotopic (exact) mass is 629 g/mol. The van der Waals surface area contributed by atoms with Gasteiger partial charge in [0.05, 0.1) is 49.0 Å². The van der Waals surface area contributed by atoms with Crippen LogP contribution >= 0.6 is 0 Å². The fourth-order valence-electron chi connectivity index (χ4n) is 6.77. The third-order valence-corrected chi connectivity index (χ3v) is 9.44. The molecule has 8 rings (SSSR count). The fourth-order valence-corrected chi connectivity index (χ4v) is 6.77. The standard InChI is InChI=1S/C36H35N7O4/c1-39-20-25(17-30(35(39)45)38-34-10-9-26(19-37-34)40-11-13-41(14-12-40)27-22-47-23-27)28-6-4-8-32(29(28)21-44)43-16-15-42-31-7-3-2-5-24(31)18-33(42)36(43)46/h2-10,15-20,27,44H,11-14,21-23H2,1H3,(H,37,38). The number of nitrogens with zero attached hydrogens (tertiary/aromatic N) is 6. The molecule has 0 unspecified atom stereocenters. The van der Waals surface area contributed by atoms with Crippen molar-refractivity contribution in [1.82, 2.24) is 23.4 Å². The quantitative estimate of drug-likeness (QED) is 0.275. The van der Waals surface area contributed by atoms with Crippen molar-refractivity contribution < 1.29 is 9.84 Å². The van der Waals surface area contributed by atoms with Gasteiger partial charge in [-0.2, -0.15) is 0 Å². The zero-order valence-corrected chi connectivity index (χ0v) is 26.0. The molecule has 2 aliphatic rings. The molecule has 2 aliphatic heterocycles. The molecular formula is C36H35N7O4. The van der Waals surface area contributed by atoms with Gasteiger partial charge in [0.1, 0.15) is 17.0 Å². The molecule has 47 heavy (non-hydrogen) atoms. The first-order valence-corrected chi connectivity index (χ1v) is 15.8. The third-order valence-electron chi connectivity index (χ3n) is 9.44. The summed E-state index contributed by atoms with van der Waals surface area (Å²) < 4.78 is 10.3. The van der Waals surface area contributed by atoms with Crippen LogP contribution in [0.2, 0.25) is 0 Å². The maximum Gasteiger partial charge on any atom is 0.279 e. The van der Waals surface area contributed by atoms with E-state index in [9.17, 15) is 14.7 Å². The van der Waals surface area contributed by atoms with Crippen LogP contribution in [0.3, 0.4) is 0 Å². The van der Waals surface area contributed by atoms with E-state index in [1.807, 2.05) is 77.5 Å². The van der Waals surface area contributed by atoms with Crippen LogP contribution in [0.5, 0.6) is 0 Å². The van der Waals surface area contributed by atoms with Crippen LogP contribution in [-0.2, 0) is 18.4 Å². The number of piperazine rings is 1. The number of aryl methyl sites for hydroxylation is 1. The molecule has 11 nitrogen and oxygen atoms in total. The maximum absolute atomic E-state index is 13.7. The van der Waals surface area contributed by atoms with E-state index in [0.29, 0.717) is 39.9 Å². The van der Waals surface area contributed by atoms with Gasteiger partial charge >= 0.3 is 0 Å². The first kappa shape index (κ1) is 29.2. The zero-order chi connectivity index (χ0) is 32.1. The number of hydrogen-bond acceptors (Lipinski definition) is 8. The van der Waals surface area contributed by atoms with Crippen molar-refractivity contribution in [3.05, 3.63) is 118 Å². The predicted octanol–water partition coefficient (Wildman–Crippen LogP) is 3.76. The Morgan fingerprint density at radius 2 is 1.74 bits per heavy atom. The van der Waals surface area contributed by atoms with Crippen molar-refractivity contribution in [3.63, 3.8) is 0 Å². The largest absolute Gasteiger partial charge is 0.392 e. The number of nitrogens with one attached hydrogen (secondary N) is 1. The van der Waals surface area contributed by atoms with Crippen LogP contribution in [0.4, 0.5) is 17.2 Å². The van der Waals surface area contributed by atoms with E-state index in [-0.39, 0.29) is 17.7 Å². The maximum atomic E-state index is 13.7. The lowest BCUT2D eigenvalue weighted by atomic mass is 9.99. The Bertz CT molecular complexity index is 2230. The lowest BCUT2D eigenvalue weighted by Gasteiger charge is -2.43. The molecule has 2 saturated heterocycles. The molecule has 0 radical (unpaired) electrons. The molecule has 2 fully saturated rings. The summed E-state index contributed by atoms with van der Waals surface area (Å²) in [5.74, 6) is 0.559. The number of ether oxygens (including phenoxy) is 1. The van der Waals surface area contributed by atoms with Crippen LogP contribution in [0.1, 0.15) is 5.56 Å². The normalized spacial score (nSPS) is 15.7. The number of para-hydroxylation sites is 1. The van der Waals surface area contributed by atoms with E-state index in [1.54, 1.807) is 30.1 Å². The van der Waals surface area contributed by atoms with E-state index >= 15 is 0 Å². The summed E-state index contributed by atoms with van der Waals surface area (Å²) in [4.78, 5) is 36.4. The molecule has 2 aromatic carbocycles. The van der Waals surface area contributed by atoms with Crippen molar-refractivity contribution >= 4 is 33.6 Å². The minimum atomic E-state index is -0.302. The number of benzene rings is 2. The summed E-state index contributed by atoms with van der Waals surface area (Å²) in [5.41, 5.74) is 5.08. The van der Waals surface area contributed by atoms with Gasteiger partial charge < -0.3 is 29.0 Å². The zero-order valence-electron chi connectivity index (χ0n) is 26.0. The molecule has 2 N–H and O–H groups in total. The van der Waals surface area contributed by atoms with Gasteiger partial charge in [-0.25, -0.2) is 4.98 Å². The first-order valence-electron chi connectivity index (χ1n) is 15.8. The van der Waals surface area contributed by atoms with Crippen molar-refractivity contribution in [3.8, 4) is 16.8 Å². The Morgan fingerprint density at radius 3 is 2.49 bits per heavy atom. The van der Waals surface area contributed by atoms with E-state index in [0.717, 1.165) is 61.5 Å². The van der Waals surface area contributed by atoms with Crippen LogP contribution in [0.25, 0.3) is 33.2 Å². The number of anilines is 3. The molecule has 4 aromatic heterocycles. The summed E-state index contributed by atoms with van der Waals surface area (Å²) in [7, 11) is 1.70. The molecule has 238 valence electrons. The third kappa shape index (κ3) is 5.18. The second-order valence-corrected chi connectivity index (χ2v) is 12.2. The highest BCUT2D eigenvalue weighted by atomic mass is 16.5. The second-order valence-electron chi connectivity index (χ2n) is 12.2. The Balaban J connectivity index is 1.09. The number of aliphatic hydroxyl groups excluding tert-OH is 1. The Labute approximate surface area is 270 Å². The van der Waals surface area contributed by atoms with E-state index in [4.69, 9.17) is 4.74 Å². The van der Waals surface area contributed by atoms with Crippen molar-refractivity contribution in [1.29, 1.82) is 0 Å². The summed E-state index contributed by atoms with van der Waals surface area (Å²) in [6, 6.07) is 21.5. The average Bonchev–Trinajstić information content (AvgIpc) is 3.46. The molecule has 6 heterocycles. The van der Waals surface area contributed by atoms with Crippen molar-refractivity contribution in [2.75, 3.05) is 49.6 Å². The van der Waals surface area contributed by atoms with Gasteiger partial charge in [0.15, 0.2) is 0 Å². The van der Waals surface area contributed by atoms with Gasteiger partial charge in [-0.1, -0.05) is 30.3 Å². The van der Waals surface area contributed by atoms with Crippen LogP contribution in [0, 0.1) is 0 Å². The summed E-state index contributed by atoms with van der Waals surface area (Å²) in [6.07, 6.45) is 7.18. The minimum Gasteiger partial charge on any atom is -0.392 e. The van der Waals surface area contributed by atoms with Crippen molar-refractivity contribution in [2.45, 2.75) is 12.6 Å². The van der Waals surface area contributed by atoms with Crippen LogP contribution in [0.15, 0.2) is 101 Å². The summed E-state index contributed by atoms with van der Waals surface area (Å²) in [5, 5.41) is 14.8. The van der Waals surface area contributed by atoms with Crippen molar-refractivity contribution in [2.24, 2.45) is 7.05 Å². The highest BCUT2D eigenvalue weighted by Crippen LogP contribution is 2.30. The minimum absolute atomic E-state index is 0.192. The fraction of sp³-hybridized carbons (Fsp3) is 0.250. The molecule has 0 bridgehead atoms. The summed E-state index contributed by atoms with van der Waals surface area (Å²) in [6.45, 7) is 5.23. The number of hydrogen-bond donors (Lipinski definition) is 2. The molecule has 6 aromatic rings. The van der Waals surface area contributed by atoms with Gasteiger partial charge in [0.2, 0.25) is 0 Å². The SMILES string of the molecule is Cn1cc(-c2cccc(-n3ccn4c(cc5ccccc54)c3=O)c2CO)cc(Nc2ccc(N3CCN(C4COC4)CC3)cn2)c1=O. The molecule has 0 atom stereocenters. The Hall–Kier alpha value is -5.23.